The van der Waals surface area contributed by atoms with Gasteiger partial charge in [-0.3, -0.25) is 9.69 Å². The highest BCUT2D eigenvalue weighted by atomic mass is 32.2. The number of hydrogen-bond donors (Lipinski definition) is 1. The third kappa shape index (κ3) is 6.01. The molecule has 0 atom stereocenters. The molecule has 4 heteroatoms. The molecule has 1 saturated carbocycles. The number of hydrogen-bond acceptors (Lipinski definition) is 3. The predicted octanol–water partition coefficient (Wildman–Crippen LogP) is 3.54. The molecule has 1 aliphatic carbocycles. The standard InChI is InChI=1S/C18H28N2OS/c1-20(13-16-8-10-17(22-2)11-9-16)14-18(21)19-12-15-6-4-3-5-7-15/h8-11,15H,3-7,12-14H2,1-2H3,(H,19,21). The van der Waals surface area contributed by atoms with E-state index < -0.39 is 0 Å². The number of carbonyl (C=O) groups excluding carboxylic acids is 1. The van der Waals surface area contributed by atoms with Crippen molar-refractivity contribution in [1.82, 2.24) is 10.2 Å². The highest BCUT2D eigenvalue weighted by Crippen LogP contribution is 2.22. The van der Waals surface area contributed by atoms with Crippen LogP contribution in [-0.4, -0.2) is 37.2 Å². The zero-order valence-corrected chi connectivity index (χ0v) is 14.6. The van der Waals surface area contributed by atoms with Gasteiger partial charge in [0.1, 0.15) is 0 Å². The topological polar surface area (TPSA) is 32.3 Å². The van der Waals surface area contributed by atoms with E-state index in [0.717, 1.165) is 13.1 Å². The van der Waals surface area contributed by atoms with Gasteiger partial charge in [0.15, 0.2) is 0 Å². The van der Waals surface area contributed by atoms with Crippen LogP contribution < -0.4 is 5.32 Å². The van der Waals surface area contributed by atoms with Gasteiger partial charge < -0.3 is 5.32 Å². The van der Waals surface area contributed by atoms with E-state index in [1.807, 2.05) is 7.05 Å². The van der Waals surface area contributed by atoms with Crippen LogP contribution in [-0.2, 0) is 11.3 Å². The number of benzene rings is 1. The van der Waals surface area contributed by atoms with Crippen LogP contribution in [0.2, 0.25) is 0 Å². The molecule has 1 amide bonds. The van der Waals surface area contributed by atoms with Crippen molar-refractivity contribution < 1.29 is 4.79 Å². The second-order valence-corrected chi connectivity index (χ2v) is 7.21. The Morgan fingerprint density at radius 3 is 2.55 bits per heavy atom. The third-order valence-corrected chi connectivity index (χ3v) is 5.08. The van der Waals surface area contributed by atoms with Crippen LogP contribution in [0, 0.1) is 5.92 Å². The van der Waals surface area contributed by atoms with Gasteiger partial charge in [-0.25, -0.2) is 0 Å². The summed E-state index contributed by atoms with van der Waals surface area (Å²) in [5.41, 5.74) is 1.25. The van der Waals surface area contributed by atoms with Crippen molar-refractivity contribution in [1.29, 1.82) is 0 Å². The van der Waals surface area contributed by atoms with Gasteiger partial charge in [0.05, 0.1) is 6.54 Å². The van der Waals surface area contributed by atoms with Crippen molar-refractivity contribution in [2.24, 2.45) is 5.92 Å². The maximum atomic E-state index is 12.0. The molecule has 0 aromatic heterocycles. The van der Waals surface area contributed by atoms with Gasteiger partial charge in [0, 0.05) is 18.0 Å². The normalized spacial score (nSPS) is 16.0. The van der Waals surface area contributed by atoms with Crippen molar-refractivity contribution in [2.45, 2.75) is 43.5 Å². The lowest BCUT2D eigenvalue weighted by Crippen LogP contribution is -2.37. The van der Waals surface area contributed by atoms with Gasteiger partial charge >= 0.3 is 0 Å². The summed E-state index contributed by atoms with van der Waals surface area (Å²) in [6.07, 6.45) is 8.65. The SMILES string of the molecule is CSc1ccc(CN(C)CC(=O)NCC2CCCCC2)cc1. The van der Waals surface area contributed by atoms with E-state index in [1.54, 1.807) is 11.8 Å². The number of amides is 1. The number of thioether (sulfide) groups is 1. The molecular formula is C18H28N2OS. The smallest absolute Gasteiger partial charge is 0.234 e. The minimum atomic E-state index is 0.147. The summed E-state index contributed by atoms with van der Waals surface area (Å²) >= 11 is 1.75. The molecule has 0 bridgehead atoms. The summed E-state index contributed by atoms with van der Waals surface area (Å²) in [4.78, 5) is 15.4. The van der Waals surface area contributed by atoms with E-state index >= 15 is 0 Å². The minimum absolute atomic E-state index is 0.147. The summed E-state index contributed by atoms with van der Waals surface area (Å²) in [5.74, 6) is 0.843. The molecule has 3 nitrogen and oxygen atoms in total. The fourth-order valence-corrected chi connectivity index (χ4v) is 3.46. The Morgan fingerprint density at radius 2 is 1.91 bits per heavy atom. The summed E-state index contributed by atoms with van der Waals surface area (Å²) in [5, 5.41) is 3.10. The van der Waals surface area contributed by atoms with Crippen molar-refractivity contribution in [3.63, 3.8) is 0 Å². The summed E-state index contributed by atoms with van der Waals surface area (Å²) in [6.45, 7) is 2.14. The monoisotopic (exact) mass is 320 g/mol. The molecule has 0 unspecified atom stereocenters. The second-order valence-electron chi connectivity index (χ2n) is 6.33. The van der Waals surface area contributed by atoms with E-state index in [2.05, 4.69) is 40.7 Å². The van der Waals surface area contributed by atoms with Gasteiger partial charge in [-0.15, -0.1) is 11.8 Å². The first-order valence-electron chi connectivity index (χ1n) is 8.25. The first-order chi connectivity index (χ1) is 10.7. The maximum Gasteiger partial charge on any atom is 0.234 e. The average molecular weight is 321 g/mol. The van der Waals surface area contributed by atoms with Crippen LogP contribution in [0.4, 0.5) is 0 Å². The third-order valence-electron chi connectivity index (χ3n) is 4.34. The van der Waals surface area contributed by atoms with Crippen LogP contribution in [0.25, 0.3) is 0 Å². The van der Waals surface area contributed by atoms with Crippen LogP contribution in [0.1, 0.15) is 37.7 Å². The lowest BCUT2D eigenvalue weighted by molar-refractivity contribution is -0.122. The lowest BCUT2D eigenvalue weighted by atomic mass is 9.89. The van der Waals surface area contributed by atoms with E-state index in [0.29, 0.717) is 12.5 Å². The van der Waals surface area contributed by atoms with E-state index in [4.69, 9.17) is 0 Å². The Kier molecular flexibility index (Phi) is 7.26. The molecule has 0 spiro atoms. The molecule has 122 valence electrons. The van der Waals surface area contributed by atoms with E-state index in [-0.39, 0.29) is 5.91 Å². The lowest BCUT2D eigenvalue weighted by Gasteiger charge is -2.22. The van der Waals surface area contributed by atoms with Crippen LogP contribution in [0.15, 0.2) is 29.2 Å². The van der Waals surface area contributed by atoms with Gasteiger partial charge in [-0.05, 0) is 49.8 Å². The number of rotatable bonds is 7. The molecule has 1 N–H and O–H groups in total. The van der Waals surface area contributed by atoms with E-state index in [1.165, 1.54) is 42.6 Å². The van der Waals surface area contributed by atoms with Gasteiger partial charge in [0.25, 0.3) is 0 Å². The highest BCUT2D eigenvalue weighted by Gasteiger charge is 2.14. The summed E-state index contributed by atoms with van der Waals surface area (Å²) in [6, 6.07) is 8.55. The molecular weight excluding hydrogens is 292 g/mol. The van der Waals surface area contributed by atoms with Crippen LogP contribution in [0.3, 0.4) is 0 Å². The van der Waals surface area contributed by atoms with Crippen molar-refractivity contribution in [2.75, 3.05) is 26.4 Å². The van der Waals surface area contributed by atoms with Gasteiger partial charge in [0.2, 0.25) is 5.91 Å². The molecule has 1 fully saturated rings. The van der Waals surface area contributed by atoms with Crippen LogP contribution in [0.5, 0.6) is 0 Å². The quantitative estimate of drug-likeness (QED) is 0.780. The Labute approximate surface area is 138 Å². The van der Waals surface area contributed by atoms with Crippen molar-refractivity contribution in [3.05, 3.63) is 29.8 Å². The Morgan fingerprint density at radius 1 is 1.23 bits per heavy atom. The Bertz CT molecular complexity index is 455. The maximum absolute atomic E-state index is 12.0. The minimum Gasteiger partial charge on any atom is -0.355 e. The van der Waals surface area contributed by atoms with Gasteiger partial charge in [-0.2, -0.15) is 0 Å². The van der Waals surface area contributed by atoms with Crippen molar-refractivity contribution >= 4 is 17.7 Å². The predicted molar refractivity (Wildman–Crippen MR) is 94.1 cm³/mol. The number of nitrogens with zero attached hydrogens (tertiary/aromatic N) is 1. The Hall–Kier alpha value is -1.00. The second kappa shape index (κ2) is 9.21. The first-order valence-corrected chi connectivity index (χ1v) is 9.48. The summed E-state index contributed by atoms with van der Waals surface area (Å²) < 4.78 is 0. The zero-order valence-electron chi connectivity index (χ0n) is 13.8. The molecule has 0 aliphatic heterocycles. The zero-order chi connectivity index (χ0) is 15.8. The molecule has 2 rings (SSSR count). The average Bonchev–Trinajstić information content (AvgIpc) is 2.54. The number of nitrogens with one attached hydrogen (secondary N) is 1. The first kappa shape index (κ1) is 17.4. The highest BCUT2D eigenvalue weighted by molar-refractivity contribution is 7.98. The molecule has 1 aromatic carbocycles. The van der Waals surface area contributed by atoms with E-state index in [9.17, 15) is 4.79 Å². The molecule has 0 saturated heterocycles. The largest absolute Gasteiger partial charge is 0.355 e. The fourth-order valence-electron chi connectivity index (χ4n) is 3.05. The molecule has 22 heavy (non-hydrogen) atoms. The van der Waals surface area contributed by atoms with Crippen molar-refractivity contribution in [3.8, 4) is 0 Å². The number of carbonyl (C=O) groups is 1. The van der Waals surface area contributed by atoms with Gasteiger partial charge in [-0.1, -0.05) is 31.4 Å². The molecule has 1 aliphatic rings. The summed E-state index contributed by atoms with van der Waals surface area (Å²) in [7, 11) is 2.00. The Balaban J connectivity index is 1.68. The fraction of sp³-hybridized carbons (Fsp3) is 0.611. The molecule has 1 aromatic rings. The molecule has 0 heterocycles. The number of likely N-dealkylation sites (N-methyl/N-ethyl adjacent to an activating group) is 1. The molecule has 0 radical (unpaired) electrons. The van der Waals surface area contributed by atoms with Crippen LogP contribution >= 0.6 is 11.8 Å².